The second-order valence-electron chi connectivity index (χ2n) is 5.42. The molecular weight excluding hydrogens is 322 g/mol. The Morgan fingerprint density at radius 3 is 2.04 bits per heavy atom. The minimum Gasteiger partial charge on any atom is -0.480 e. The number of ether oxygens (including phenoxy) is 2. The van der Waals surface area contributed by atoms with Gasteiger partial charge in [-0.2, -0.15) is 0 Å². The fraction of sp³-hybridized carbons (Fsp3) is 0.263. The quantitative estimate of drug-likeness (QED) is 0.684. The van der Waals surface area contributed by atoms with Gasteiger partial charge in [0.05, 0.1) is 6.61 Å². The molecule has 0 saturated carbocycles. The van der Waals surface area contributed by atoms with Crippen molar-refractivity contribution in [3.8, 4) is 0 Å². The van der Waals surface area contributed by atoms with Crippen LogP contribution in [0, 0.1) is 0 Å². The third-order valence-corrected chi connectivity index (χ3v) is 3.47. The van der Waals surface area contributed by atoms with Gasteiger partial charge in [-0.3, -0.25) is 0 Å². The number of alkyl carbamates (subject to hydrolysis) is 1. The molecule has 2 rings (SSSR count). The topological polar surface area (TPSA) is 84.9 Å². The molecule has 2 aromatic carbocycles. The van der Waals surface area contributed by atoms with Crippen molar-refractivity contribution < 1.29 is 24.2 Å². The summed E-state index contributed by atoms with van der Waals surface area (Å²) in [7, 11) is 0. The van der Waals surface area contributed by atoms with Crippen molar-refractivity contribution in [1.29, 1.82) is 0 Å². The van der Waals surface area contributed by atoms with Gasteiger partial charge in [-0.05, 0) is 11.1 Å². The number of hydrogen-bond donors (Lipinski definition) is 2. The van der Waals surface area contributed by atoms with E-state index in [9.17, 15) is 14.7 Å². The average molecular weight is 343 g/mol. The molecule has 0 fully saturated rings. The lowest BCUT2D eigenvalue weighted by molar-refractivity contribution is -0.139. The summed E-state index contributed by atoms with van der Waals surface area (Å²) in [4.78, 5) is 23.0. The second kappa shape index (κ2) is 10.1. The maximum absolute atomic E-state index is 11.7. The Balaban J connectivity index is 1.70. The number of carbonyl (C=O) groups is 2. The first-order valence-corrected chi connectivity index (χ1v) is 7.97. The van der Waals surface area contributed by atoms with Crippen molar-refractivity contribution in [2.24, 2.45) is 0 Å². The molecule has 2 N–H and O–H groups in total. The minimum absolute atomic E-state index is 0.0868. The molecule has 0 bridgehead atoms. The van der Waals surface area contributed by atoms with Gasteiger partial charge in [0.2, 0.25) is 0 Å². The normalized spacial score (nSPS) is 11.5. The van der Waals surface area contributed by atoms with Crippen molar-refractivity contribution in [2.75, 3.05) is 6.61 Å². The zero-order chi connectivity index (χ0) is 17.9. The summed E-state index contributed by atoms with van der Waals surface area (Å²) in [6.45, 7) is 0.694. The van der Waals surface area contributed by atoms with Crippen LogP contribution in [0.1, 0.15) is 17.5 Å². The van der Waals surface area contributed by atoms with Gasteiger partial charge >= 0.3 is 12.1 Å². The molecule has 6 heteroatoms. The maximum atomic E-state index is 11.7. The lowest BCUT2D eigenvalue weighted by Crippen LogP contribution is -2.41. The number of carbonyl (C=O) groups excluding carboxylic acids is 1. The van der Waals surface area contributed by atoms with E-state index in [0.717, 1.165) is 11.1 Å². The maximum Gasteiger partial charge on any atom is 0.408 e. The molecule has 0 aliphatic rings. The van der Waals surface area contributed by atoms with Crippen LogP contribution in [0.4, 0.5) is 4.79 Å². The van der Waals surface area contributed by atoms with E-state index < -0.39 is 18.1 Å². The molecule has 0 aliphatic heterocycles. The number of benzene rings is 2. The molecule has 1 atom stereocenters. The lowest BCUT2D eigenvalue weighted by atomic mass is 10.2. The molecule has 132 valence electrons. The summed E-state index contributed by atoms with van der Waals surface area (Å²) < 4.78 is 10.5. The number of aliphatic carboxylic acids is 1. The van der Waals surface area contributed by atoms with Gasteiger partial charge in [-0.25, -0.2) is 9.59 Å². The predicted octanol–water partition coefficient (Wildman–Crippen LogP) is 2.97. The van der Waals surface area contributed by atoms with Gasteiger partial charge in [0.15, 0.2) is 0 Å². The molecule has 0 unspecified atom stereocenters. The highest BCUT2D eigenvalue weighted by atomic mass is 16.5. The number of rotatable bonds is 9. The van der Waals surface area contributed by atoms with Gasteiger partial charge < -0.3 is 19.9 Å². The van der Waals surface area contributed by atoms with Crippen molar-refractivity contribution in [3.63, 3.8) is 0 Å². The molecule has 0 aromatic heterocycles. The lowest BCUT2D eigenvalue weighted by Gasteiger charge is -2.14. The monoisotopic (exact) mass is 343 g/mol. The highest BCUT2D eigenvalue weighted by Crippen LogP contribution is 2.04. The van der Waals surface area contributed by atoms with Crippen molar-refractivity contribution in [2.45, 2.75) is 25.7 Å². The zero-order valence-electron chi connectivity index (χ0n) is 13.8. The number of hydrogen-bond acceptors (Lipinski definition) is 4. The Labute approximate surface area is 146 Å². The second-order valence-corrected chi connectivity index (χ2v) is 5.42. The highest BCUT2D eigenvalue weighted by Gasteiger charge is 2.20. The first-order chi connectivity index (χ1) is 12.1. The Hall–Kier alpha value is -2.86. The van der Waals surface area contributed by atoms with E-state index in [4.69, 9.17) is 9.47 Å². The van der Waals surface area contributed by atoms with Gasteiger partial charge in [-0.1, -0.05) is 60.7 Å². The van der Waals surface area contributed by atoms with E-state index in [1.165, 1.54) is 0 Å². The van der Waals surface area contributed by atoms with Crippen LogP contribution in [0.15, 0.2) is 60.7 Å². The van der Waals surface area contributed by atoms with E-state index >= 15 is 0 Å². The van der Waals surface area contributed by atoms with Crippen LogP contribution >= 0.6 is 0 Å². The largest absolute Gasteiger partial charge is 0.480 e. The Morgan fingerprint density at radius 2 is 1.48 bits per heavy atom. The number of carboxylic acids is 1. The summed E-state index contributed by atoms with van der Waals surface area (Å²) in [5, 5.41) is 11.5. The van der Waals surface area contributed by atoms with E-state index in [-0.39, 0.29) is 19.6 Å². The summed E-state index contributed by atoms with van der Waals surface area (Å²) >= 11 is 0. The predicted molar refractivity (Wildman–Crippen MR) is 91.9 cm³/mol. The summed E-state index contributed by atoms with van der Waals surface area (Å²) in [5.41, 5.74) is 1.83. The van der Waals surface area contributed by atoms with E-state index in [2.05, 4.69) is 5.32 Å². The fourth-order valence-electron chi connectivity index (χ4n) is 2.13. The standard InChI is InChI=1S/C19H21NO5/c21-18(22)17(11-12-24-13-15-7-3-1-4-8-15)20-19(23)25-14-16-9-5-2-6-10-16/h1-10,17H,11-14H2,(H,20,23)(H,21,22)/t17-/m1/s1. The van der Waals surface area contributed by atoms with Gasteiger partial charge in [0.1, 0.15) is 12.6 Å². The van der Waals surface area contributed by atoms with E-state index in [1.54, 1.807) is 0 Å². The molecule has 0 saturated heterocycles. The Morgan fingerprint density at radius 1 is 0.920 bits per heavy atom. The van der Waals surface area contributed by atoms with Crippen molar-refractivity contribution in [1.82, 2.24) is 5.32 Å². The van der Waals surface area contributed by atoms with Gasteiger partial charge in [0, 0.05) is 13.0 Å². The van der Waals surface area contributed by atoms with Crippen LogP contribution in [-0.2, 0) is 27.5 Å². The van der Waals surface area contributed by atoms with Crippen LogP contribution < -0.4 is 5.32 Å². The molecular formula is C19H21NO5. The van der Waals surface area contributed by atoms with Crippen LogP contribution in [0.25, 0.3) is 0 Å². The fourth-order valence-corrected chi connectivity index (χ4v) is 2.13. The summed E-state index contributed by atoms with van der Waals surface area (Å²) in [5.74, 6) is -1.13. The SMILES string of the molecule is O=C(N[C@H](CCOCc1ccccc1)C(=O)O)OCc1ccccc1. The van der Waals surface area contributed by atoms with Crippen LogP contribution in [-0.4, -0.2) is 29.8 Å². The van der Waals surface area contributed by atoms with Crippen molar-refractivity contribution in [3.05, 3.63) is 71.8 Å². The van der Waals surface area contributed by atoms with Crippen molar-refractivity contribution >= 4 is 12.1 Å². The molecule has 1 amide bonds. The average Bonchev–Trinajstić information content (AvgIpc) is 2.64. The third-order valence-electron chi connectivity index (χ3n) is 3.47. The third kappa shape index (κ3) is 7.05. The smallest absolute Gasteiger partial charge is 0.408 e. The van der Waals surface area contributed by atoms with Crippen LogP contribution in [0.2, 0.25) is 0 Å². The van der Waals surface area contributed by atoms with Crippen LogP contribution in [0.3, 0.4) is 0 Å². The van der Waals surface area contributed by atoms with E-state index in [1.807, 2.05) is 60.7 Å². The van der Waals surface area contributed by atoms with Gasteiger partial charge in [-0.15, -0.1) is 0 Å². The molecule has 2 aromatic rings. The highest BCUT2D eigenvalue weighted by molar-refractivity contribution is 5.79. The van der Waals surface area contributed by atoms with Gasteiger partial charge in [0.25, 0.3) is 0 Å². The molecule has 25 heavy (non-hydrogen) atoms. The number of amides is 1. The first kappa shape index (κ1) is 18.5. The van der Waals surface area contributed by atoms with Crippen LogP contribution in [0.5, 0.6) is 0 Å². The Bertz CT molecular complexity index is 660. The molecule has 0 heterocycles. The number of nitrogens with one attached hydrogen (secondary N) is 1. The minimum atomic E-state index is -1.13. The Kier molecular flexibility index (Phi) is 7.46. The van der Waals surface area contributed by atoms with E-state index in [0.29, 0.717) is 6.61 Å². The molecule has 0 spiro atoms. The number of carboxylic acid groups (broad SMARTS) is 1. The first-order valence-electron chi connectivity index (χ1n) is 7.97. The summed E-state index contributed by atoms with van der Waals surface area (Å²) in [6, 6.07) is 17.7. The molecule has 6 nitrogen and oxygen atoms in total. The zero-order valence-corrected chi connectivity index (χ0v) is 13.8. The molecule has 0 radical (unpaired) electrons. The molecule has 0 aliphatic carbocycles. The summed E-state index contributed by atoms with van der Waals surface area (Å²) in [6.07, 6.45) is -0.609.